The molecule has 70 heavy (non-hydrogen) atoms. The second-order valence-corrected chi connectivity index (χ2v) is 17.0. The van der Waals surface area contributed by atoms with E-state index in [-0.39, 0.29) is 0 Å². The molecular weight excluding hydrogens is 891 g/mol. The molecule has 2 aromatic heterocycles. The first-order valence-electron chi connectivity index (χ1n) is 22.5. The first-order valence-corrected chi connectivity index (χ1v) is 22.5. The van der Waals surface area contributed by atoms with Crippen molar-refractivity contribution in [3.05, 3.63) is 253 Å². The van der Waals surface area contributed by atoms with Crippen LogP contribution in [-0.2, 0) is 0 Å². The molecule has 0 atom stereocenters. The molecule has 0 aliphatic carbocycles. The van der Waals surface area contributed by atoms with E-state index in [1.807, 2.05) is 133 Å². The minimum absolute atomic E-state index is 0.397. The van der Waals surface area contributed by atoms with Crippen molar-refractivity contribution in [2.75, 3.05) is 9.80 Å². The maximum absolute atomic E-state index is 15.9. The van der Waals surface area contributed by atoms with Gasteiger partial charge in [0.15, 0.2) is 23.3 Å². The summed E-state index contributed by atoms with van der Waals surface area (Å²) in [5.41, 5.74) is 7.77. The Morgan fingerprint density at radius 2 is 0.586 bits per heavy atom. The van der Waals surface area contributed by atoms with Crippen molar-refractivity contribution in [2.45, 2.75) is 0 Å². The van der Waals surface area contributed by atoms with Crippen molar-refractivity contribution in [3.63, 3.8) is 0 Å². The summed E-state index contributed by atoms with van der Waals surface area (Å²) in [7, 11) is 0. The molecule has 2 heterocycles. The molecule has 0 spiro atoms. The van der Waals surface area contributed by atoms with Gasteiger partial charge >= 0.3 is 0 Å². The van der Waals surface area contributed by atoms with E-state index in [4.69, 9.17) is 0 Å². The van der Waals surface area contributed by atoms with Crippen molar-refractivity contribution < 1.29 is 26.3 Å². The zero-order chi connectivity index (χ0) is 47.6. The van der Waals surface area contributed by atoms with Crippen LogP contribution in [0.4, 0.5) is 60.5 Å². The number of rotatable bonds is 9. The SMILES string of the molecule is Fc1cc(F)c(N(c2ccc(-c3ccc(N(c4ccc5c(c4)c4ccccc4n5-c4ccccc4)c4c(F)cc(F)cc4F)cc3)cc2)c2ccc3c(c2)c2ccccc2n3-c2ccccc2)c(F)c1. The Bertz CT molecular complexity index is 3660. The molecular formula is C60H36F6N4. The van der Waals surface area contributed by atoms with Gasteiger partial charge in [-0.1, -0.05) is 97.1 Å². The molecule has 0 saturated heterocycles. The lowest BCUT2D eigenvalue weighted by Crippen LogP contribution is -2.14. The minimum atomic E-state index is -1.08. The van der Waals surface area contributed by atoms with E-state index >= 15 is 17.6 Å². The number of benzene rings is 10. The number of anilines is 6. The predicted octanol–water partition coefficient (Wildman–Crippen LogP) is 17.3. The van der Waals surface area contributed by atoms with Gasteiger partial charge in [0.2, 0.25) is 0 Å². The van der Waals surface area contributed by atoms with Crippen LogP contribution in [-0.4, -0.2) is 9.13 Å². The predicted molar refractivity (Wildman–Crippen MR) is 270 cm³/mol. The number of para-hydroxylation sites is 4. The molecule has 12 rings (SSSR count). The normalized spacial score (nSPS) is 11.6. The van der Waals surface area contributed by atoms with E-state index < -0.39 is 46.3 Å². The van der Waals surface area contributed by atoms with Crippen LogP contribution >= 0.6 is 0 Å². The fourth-order valence-corrected chi connectivity index (χ4v) is 9.83. The molecule has 10 heteroatoms. The van der Waals surface area contributed by atoms with Gasteiger partial charge in [0.05, 0.1) is 22.1 Å². The number of hydrogen-bond acceptors (Lipinski definition) is 2. The molecule has 0 radical (unpaired) electrons. The first-order chi connectivity index (χ1) is 34.2. The number of aromatic nitrogens is 2. The molecule has 4 nitrogen and oxygen atoms in total. The summed E-state index contributed by atoms with van der Waals surface area (Å²) >= 11 is 0. The Kier molecular flexibility index (Phi) is 10.2. The monoisotopic (exact) mass is 926 g/mol. The van der Waals surface area contributed by atoms with Crippen LogP contribution in [0.25, 0.3) is 66.1 Å². The summed E-state index contributed by atoms with van der Waals surface area (Å²) in [6.45, 7) is 0. The van der Waals surface area contributed by atoms with Crippen molar-refractivity contribution in [3.8, 4) is 22.5 Å². The van der Waals surface area contributed by atoms with E-state index in [0.29, 0.717) is 47.0 Å². The van der Waals surface area contributed by atoms with Gasteiger partial charge in [-0.25, -0.2) is 26.3 Å². The molecule has 0 N–H and O–H groups in total. The molecule has 0 fully saturated rings. The van der Waals surface area contributed by atoms with E-state index in [0.717, 1.165) is 66.1 Å². The van der Waals surface area contributed by atoms with Crippen molar-refractivity contribution in [2.24, 2.45) is 0 Å². The molecule has 12 aromatic rings. The standard InChI is InChI=1S/C60H36F6N4/c61-39-31-51(63)59(52(64)32-39)67(45-27-29-57-49(35-45)47-15-7-9-17-55(47)69(57)41-11-3-1-4-12-41)43-23-19-37(20-24-43)38-21-25-44(26-22-38)68(60-53(65)33-40(62)34-54(60)66)46-28-30-58-50(36-46)48-16-8-10-18-56(48)70(58)42-13-5-2-6-14-42/h1-36H. The third kappa shape index (κ3) is 7.11. The molecule has 0 saturated carbocycles. The van der Waals surface area contributed by atoms with Crippen molar-refractivity contribution in [1.29, 1.82) is 0 Å². The van der Waals surface area contributed by atoms with Crippen LogP contribution in [0.15, 0.2) is 218 Å². The van der Waals surface area contributed by atoms with Crippen molar-refractivity contribution >= 4 is 77.7 Å². The summed E-state index contributed by atoms with van der Waals surface area (Å²) in [5.74, 6) is -6.41. The molecule has 10 aromatic carbocycles. The molecule has 0 aliphatic rings. The zero-order valence-electron chi connectivity index (χ0n) is 36.8. The van der Waals surface area contributed by atoms with E-state index in [1.165, 1.54) is 9.80 Å². The van der Waals surface area contributed by atoms with Crippen LogP contribution in [0.1, 0.15) is 0 Å². The smallest absolute Gasteiger partial charge is 0.153 e. The third-order valence-corrected chi connectivity index (χ3v) is 12.9. The lowest BCUT2D eigenvalue weighted by Gasteiger charge is -2.27. The van der Waals surface area contributed by atoms with E-state index in [9.17, 15) is 8.78 Å². The summed E-state index contributed by atoms with van der Waals surface area (Å²) in [4.78, 5) is 2.87. The average Bonchev–Trinajstić information content (AvgIpc) is 3.89. The van der Waals surface area contributed by atoms with Crippen LogP contribution in [0, 0.1) is 34.9 Å². The van der Waals surface area contributed by atoms with Gasteiger partial charge in [-0.3, -0.25) is 0 Å². The van der Waals surface area contributed by atoms with Gasteiger partial charge in [-0.15, -0.1) is 0 Å². The fourth-order valence-electron chi connectivity index (χ4n) is 9.83. The van der Waals surface area contributed by atoms with E-state index in [1.54, 1.807) is 60.7 Å². The highest BCUT2D eigenvalue weighted by Gasteiger charge is 2.26. The van der Waals surface area contributed by atoms with Crippen molar-refractivity contribution in [1.82, 2.24) is 9.13 Å². The van der Waals surface area contributed by atoms with Gasteiger partial charge in [-0.05, 0) is 108 Å². The summed E-state index contributed by atoms with van der Waals surface area (Å²) in [6, 6.07) is 63.5. The second-order valence-electron chi connectivity index (χ2n) is 17.0. The molecule has 0 amide bonds. The fraction of sp³-hybridized carbons (Fsp3) is 0. The number of halogens is 6. The van der Waals surface area contributed by atoms with Crippen LogP contribution in [0.5, 0.6) is 0 Å². The summed E-state index contributed by atoms with van der Waals surface area (Å²) < 4.78 is 96.7. The molecule has 0 bridgehead atoms. The van der Waals surface area contributed by atoms with Gasteiger partial charge < -0.3 is 18.9 Å². The Hall–Kier alpha value is -9.02. The topological polar surface area (TPSA) is 16.3 Å². The Balaban J connectivity index is 0.944. The molecule has 0 unspecified atom stereocenters. The van der Waals surface area contributed by atoms with Crippen LogP contribution in [0.2, 0.25) is 0 Å². The summed E-state index contributed by atoms with van der Waals surface area (Å²) in [6.07, 6.45) is 0. The van der Waals surface area contributed by atoms with Gasteiger partial charge in [-0.2, -0.15) is 0 Å². The second kappa shape index (κ2) is 16.9. The van der Waals surface area contributed by atoms with Gasteiger partial charge in [0.1, 0.15) is 23.0 Å². The largest absolute Gasteiger partial charge is 0.309 e. The highest BCUT2D eigenvalue weighted by Crippen LogP contribution is 2.45. The lowest BCUT2D eigenvalue weighted by molar-refractivity contribution is 0.544. The number of nitrogens with zero attached hydrogens (tertiary/aromatic N) is 4. The number of hydrogen-bond donors (Lipinski definition) is 0. The highest BCUT2D eigenvalue weighted by atomic mass is 19.2. The van der Waals surface area contributed by atoms with Gasteiger partial charge in [0.25, 0.3) is 0 Å². The Morgan fingerprint density at radius 3 is 0.957 bits per heavy atom. The zero-order valence-corrected chi connectivity index (χ0v) is 36.8. The maximum atomic E-state index is 15.9. The average molecular weight is 927 g/mol. The highest BCUT2D eigenvalue weighted by molar-refractivity contribution is 6.12. The lowest BCUT2D eigenvalue weighted by atomic mass is 10.0. The van der Waals surface area contributed by atoms with Crippen LogP contribution in [0.3, 0.4) is 0 Å². The van der Waals surface area contributed by atoms with Crippen LogP contribution < -0.4 is 9.80 Å². The summed E-state index contributed by atoms with van der Waals surface area (Å²) in [5, 5.41) is 3.55. The van der Waals surface area contributed by atoms with E-state index in [2.05, 4.69) is 9.13 Å². The quantitative estimate of drug-likeness (QED) is 0.134. The number of fused-ring (bicyclic) bond motifs is 6. The maximum Gasteiger partial charge on any atom is 0.153 e. The minimum Gasteiger partial charge on any atom is -0.309 e. The Morgan fingerprint density at radius 1 is 0.271 bits per heavy atom. The van der Waals surface area contributed by atoms with Gasteiger partial charge in [0, 0.05) is 79.9 Å². The Labute approximate surface area is 397 Å². The molecule has 338 valence electrons. The third-order valence-electron chi connectivity index (χ3n) is 12.9. The first kappa shape index (κ1) is 42.3. The molecule has 0 aliphatic heterocycles.